The van der Waals surface area contributed by atoms with Crippen LogP contribution in [0.4, 0.5) is 0 Å². The summed E-state index contributed by atoms with van der Waals surface area (Å²) in [7, 11) is 0. The zero-order valence-electron chi connectivity index (χ0n) is 13.6. The van der Waals surface area contributed by atoms with Crippen molar-refractivity contribution >= 4 is 11.8 Å². The molecule has 0 saturated heterocycles. The number of rotatable bonds is 6. The monoisotopic (exact) mass is 300 g/mol. The number of nitrogens with one attached hydrogen (secondary N) is 1. The van der Waals surface area contributed by atoms with Crippen LogP contribution in [0.3, 0.4) is 0 Å². The summed E-state index contributed by atoms with van der Waals surface area (Å²) in [5.74, 6) is 6.03. The van der Waals surface area contributed by atoms with E-state index in [1.54, 1.807) is 4.90 Å². The fraction of sp³-hybridized carbons (Fsp3) is 0.444. The van der Waals surface area contributed by atoms with Gasteiger partial charge in [0.15, 0.2) is 0 Å². The molecule has 4 nitrogen and oxygen atoms in total. The third-order valence-electron chi connectivity index (χ3n) is 3.41. The van der Waals surface area contributed by atoms with Crippen LogP contribution in [-0.4, -0.2) is 35.8 Å². The van der Waals surface area contributed by atoms with E-state index in [-0.39, 0.29) is 17.9 Å². The van der Waals surface area contributed by atoms with Gasteiger partial charge in [0.05, 0.1) is 6.54 Å². The summed E-state index contributed by atoms with van der Waals surface area (Å²) < 4.78 is 0. The first kappa shape index (κ1) is 17.8. The van der Waals surface area contributed by atoms with Crippen LogP contribution >= 0.6 is 0 Å². The van der Waals surface area contributed by atoms with E-state index in [2.05, 4.69) is 17.2 Å². The molecule has 0 heterocycles. The number of hydrogen-bond acceptors (Lipinski definition) is 2. The Balaban J connectivity index is 2.63. The van der Waals surface area contributed by atoms with Crippen molar-refractivity contribution in [2.45, 2.75) is 39.7 Å². The molecule has 1 atom stereocenters. The largest absolute Gasteiger partial charge is 0.356 e. The van der Waals surface area contributed by atoms with Gasteiger partial charge in [-0.15, -0.1) is 0 Å². The molecule has 2 amide bonds. The highest BCUT2D eigenvalue weighted by molar-refractivity contribution is 5.78. The second-order valence-electron chi connectivity index (χ2n) is 5.18. The highest BCUT2D eigenvalue weighted by atomic mass is 16.2. The van der Waals surface area contributed by atoms with Crippen LogP contribution in [0.5, 0.6) is 0 Å². The van der Waals surface area contributed by atoms with Gasteiger partial charge in [-0.1, -0.05) is 37.0 Å². The lowest BCUT2D eigenvalue weighted by Crippen LogP contribution is -2.40. The molecule has 0 spiro atoms. The van der Waals surface area contributed by atoms with Crippen LogP contribution in [-0.2, 0) is 9.59 Å². The van der Waals surface area contributed by atoms with Gasteiger partial charge in [0.25, 0.3) is 0 Å². The van der Waals surface area contributed by atoms with Crippen molar-refractivity contribution in [3.05, 3.63) is 35.9 Å². The van der Waals surface area contributed by atoms with E-state index in [9.17, 15) is 9.59 Å². The molecule has 0 aliphatic carbocycles. The summed E-state index contributed by atoms with van der Waals surface area (Å²) >= 11 is 0. The lowest BCUT2D eigenvalue weighted by Gasteiger charge is -2.26. The van der Waals surface area contributed by atoms with E-state index in [1.165, 1.54) is 6.92 Å². The van der Waals surface area contributed by atoms with Crippen molar-refractivity contribution in [1.82, 2.24) is 10.2 Å². The molecular formula is C18H24N2O2. The van der Waals surface area contributed by atoms with E-state index in [0.717, 1.165) is 12.0 Å². The maximum Gasteiger partial charge on any atom is 0.225 e. The summed E-state index contributed by atoms with van der Waals surface area (Å²) in [6.45, 7) is 6.28. The number of carbonyl (C=O) groups is 2. The Kier molecular flexibility index (Phi) is 7.77. The van der Waals surface area contributed by atoms with Gasteiger partial charge in [0, 0.05) is 31.5 Å². The topological polar surface area (TPSA) is 49.4 Å². The fourth-order valence-corrected chi connectivity index (χ4v) is 1.95. The van der Waals surface area contributed by atoms with Gasteiger partial charge >= 0.3 is 0 Å². The van der Waals surface area contributed by atoms with Gasteiger partial charge in [-0.05, 0) is 25.5 Å². The maximum atomic E-state index is 12.3. The zero-order chi connectivity index (χ0) is 16.4. The predicted octanol–water partition coefficient (Wildman–Crippen LogP) is 2.19. The smallest absolute Gasteiger partial charge is 0.225 e. The first-order valence-electron chi connectivity index (χ1n) is 7.62. The van der Waals surface area contributed by atoms with Crippen molar-refractivity contribution in [2.24, 2.45) is 0 Å². The van der Waals surface area contributed by atoms with E-state index in [1.807, 2.05) is 44.2 Å². The Morgan fingerprint density at radius 3 is 2.55 bits per heavy atom. The number of benzene rings is 1. The summed E-state index contributed by atoms with van der Waals surface area (Å²) in [6.07, 6.45) is 1.18. The summed E-state index contributed by atoms with van der Waals surface area (Å²) in [4.78, 5) is 24.9. The van der Waals surface area contributed by atoms with Crippen LogP contribution in [0.1, 0.15) is 39.2 Å². The van der Waals surface area contributed by atoms with Crippen LogP contribution in [0, 0.1) is 11.8 Å². The minimum absolute atomic E-state index is 0.0189. The van der Waals surface area contributed by atoms with Crippen molar-refractivity contribution in [2.75, 3.05) is 13.1 Å². The lowest BCUT2D eigenvalue weighted by molar-refractivity contribution is -0.132. The molecule has 1 N–H and O–H groups in total. The Morgan fingerprint density at radius 1 is 1.27 bits per heavy atom. The Bertz CT molecular complexity index is 543. The lowest BCUT2D eigenvalue weighted by atomic mass is 10.2. The average molecular weight is 300 g/mol. The Morgan fingerprint density at radius 2 is 1.95 bits per heavy atom. The van der Waals surface area contributed by atoms with E-state index < -0.39 is 0 Å². The number of amides is 2. The number of hydrogen-bond donors (Lipinski definition) is 1. The van der Waals surface area contributed by atoms with Crippen LogP contribution in [0.25, 0.3) is 0 Å². The molecule has 0 bridgehead atoms. The number of nitrogens with zero attached hydrogens (tertiary/aromatic N) is 1. The second-order valence-corrected chi connectivity index (χ2v) is 5.18. The summed E-state index contributed by atoms with van der Waals surface area (Å²) in [5, 5.41) is 2.65. The van der Waals surface area contributed by atoms with Crippen LogP contribution in [0.2, 0.25) is 0 Å². The molecule has 0 saturated carbocycles. The summed E-state index contributed by atoms with van der Waals surface area (Å²) in [6, 6.07) is 9.85. The van der Waals surface area contributed by atoms with Gasteiger partial charge in [0.1, 0.15) is 0 Å². The SMILES string of the molecule is CCC(C)N(CC#Cc1ccccc1)C(=O)CCNC(C)=O. The molecule has 22 heavy (non-hydrogen) atoms. The van der Waals surface area contributed by atoms with Crippen molar-refractivity contribution in [1.29, 1.82) is 0 Å². The quantitative estimate of drug-likeness (QED) is 0.819. The number of carbonyl (C=O) groups excluding carboxylic acids is 2. The van der Waals surface area contributed by atoms with Gasteiger partial charge in [-0.3, -0.25) is 9.59 Å². The molecule has 1 unspecified atom stereocenters. The Labute approximate surface area is 132 Å². The predicted molar refractivity (Wildman–Crippen MR) is 88.1 cm³/mol. The minimum atomic E-state index is -0.119. The molecule has 1 aromatic carbocycles. The van der Waals surface area contributed by atoms with Crippen LogP contribution in [0.15, 0.2) is 30.3 Å². The molecule has 0 fully saturated rings. The molecule has 0 radical (unpaired) electrons. The minimum Gasteiger partial charge on any atom is -0.356 e. The van der Waals surface area contributed by atoms with E-state index in [0.29, 0.717) is 19.5 Å². The third kappa shape index (κ3) is 6.45. The van der Waals surface area contributed by atoms with Gasteiger partial charge < -0.3 is 10.2 Å². The molecule has 0 aromatic heterocycles. The van der Waals surface area contributed by atoms with Crippen molar-refractivity contribution < 1.29 is 9.59 Å². The maximum absolute atomic E-state index is 12.3. The Hall–Kier alpha value is -2.28. The molecule has 0 aliphatic heterocycles. The van der Waals surface area contributed by atoms with E-state index in [4.69, 9.17) is 0 Å². The fourth-order valence-electron chi connectivity index (χ4n) is 1.95. The molecule has 0 aliphatic rings. The summed E-state index contributed by atoms with van der Waals surface area (Å²) in [5.41, 5.74) is 0.942. The molecule has 1 rings (SSSR count). The molecule has 4 heteroatoms. The van der Waals surface area contributed by atoms with Crippen LogP contribution < -0.4 is 5.32 Å². The standard InChI is InChI=1S/C18H24N2O2/c1-4-15(2)20(18(22)12-13-19-16(3)21)14-8-11-17-9-6-5-7-10-17/h5-7,9-10,15H,4,12-14H2,1-3H3,(H,19,21). The molecule has 1 aromatic rings. The zero-order valence-corrected chi connectivity index (χ0v) is 13.6. The third-order valence-corrected chi connectivity index (χ3v) is 3.41. The average Bonchev–Trinajstić information content (AvgIpc) is 2.51. The molecular weight excluding hydrogens is 276 g/mol. The highest BCUT2D eigenvalue weighted by Crippen LogP contribution is 2.05. The highest BCUT2D eigenvalue weighted by Gasteiger charge is 2.17. The molecule has 118 valence electrons. The second kappa shape index (κ2) is 9.62. The van der Waals surface area contributed by atoms with Crippen molar-refractivity contribution in [3.63, 3.8) is 0 Å². The first-order valence-corrected chi connectivity index (χ1v) is 7.62. The first-order chi connectivity index (χ1) is 10.5. The van der Waals surface area contributed by atoms with Gasteiger partial charge in [-0.2, -0.15) is 0 Å². The normalized spacial score (nSPS) is 11.0. The van der Waals surface area contributed by atoms with Gasteiger partial charge in [-0.25, -0.2) is 0 Å². The van der Waals surface area contributed by atoms with E-state index >= 15 is 0 Å². The van der Waals surface area contributed by atoms with Crippen molar-refractivity contribution in [3.8, 4) is 11.8 Å². The van der Waals surface area contributed by atoms with Gasteiger partial charge in [0.2, 0.25) is 11.8 Å².